The lowest BCUT2D eigenvalue weighted by Crippen LogP contribution is -2.23. The monoisotopic (exact) mass is 262 g/mol. The molecule has 1 amide bonds. The third kappa shape index (κ3) is 2.73. The van der Waals surface area contributed by atoms with Crippen LogP contribution in [-0.4, -0.2) is 24.0 Å². The third-order valence-corrected chi connectivity index (χ3v) is 2.62. The molecule has 1 aromatic heterocycles. The first kappa shape index (κ1) is 13.1. The molecule has 0 radical (unpaired) electrons. The SMILES string of the molecule is COC(=O)c1ccc2nc(C(C)NC(C)=O)oc2c1. The number of esters is 1. The zero-order chi connectivity index (χ0) is 14.0. The topological polar surface area (TPSA) is 81.4 Å². The lowest BCUT2D eigenvalue weighted by molar-refractivity contribution is -0.119. The largest absolute Gasteiger partial charge is 0.465 e. The number of aromatic nitrogens is 1. The highest BCUT2D eigenvalue weighted by molar-refractivity contribution is 5.93. The number of nitrogens with zero attached hydrogens (tertiary/aromatic N) is 1. The molecule has 0 aliphatic rings. The number of carbonyl (C=O) groups is 2. The molecule has 100 valence electrons. The van der Waals surface area contributed by atoms with Crippen molar-refractivity contribution in [2.24, 2.45) is 0 Å². The van der Waals surface area contributed by atoms with Crippen LogP contribution in [0.25, 0.3) is 11.1 Å². The van der Waals surface area contributed by atoms with E-state index in [9.17, 15) is 9.59 Å². The van der Waals surface area contributed by atoms with Crippen LogP contribution >= 0.6 is 0 Å². The minimum absolute atomic E-state index is 0.162. The summed E-state index contributed by atoms with van der Waals surface area (Å²) in [6.07, 6.45) is 0. The number of amides is 1. The molecule has 1 N–H and O–H groups in total. The average Bonchev–Trinajstić information content (AvgIpc) is 2.79. The fourth-order valence-corrected chi connectivity index (χ4v) is 1.74. The Kier molecular flexibility index (Phi) is 3.50. The van der Waals surface area contributed by atoms with Gasteiger partial charge in [-0.3, -0.25) is 4.79 Å². The van der Waals surface area contributed by atoms with Gasteiger partial charge < -0.3 is 14.5 Å². The van der Waals surface area contributed by atoms with Crippen LogP contribution in [0.4, 0.5) is 0 Å². The van der Waals surface area contributed by atoms with Crippen LogP contribution in [0.3, 0.4) is 0 Å². The molecule has 1 unspecified atom stereocenters. The molecular weight excluding hydrogens is 248 g/mol. The maximum Gasteiger partial charge on any atom is 0.337 e. The number of methoxy groups -OCH3 is 1. The average molecular weight is 262 g/mol. The van der Waals surface area contributed by atoms with Gasteiger partial charge in [0, 0.05) is 6.92 Å². The van der Waals surface area contributed by atoms with Crippen LogP contribution < -0.4 is 5.32 Å². The van der Waals surface area contributed by atoms with Gasteiger partial charge in [-0.1, -0.05) is 0 Å². The van der Waals surface area contributed by atoms with Crippen molar-refractivity contribution in [3.8, 4) is 0 Å². The predicted molar refractivity (Wildman–Crippen MR) is 67.6 cm³/mol. The molecular formula is C13H14N2O4. The highest BCUT2D eigenvalue weighted by Gasteiger charge is 2.15. The van der Waals surface area contributed by atoms with Crippen LogP contribution in [0, 0.1) is 0 Å². The van der Waals surface area contributed by atoms with Gasteiger partial charge in [0.05, 0.1) is 12.7 Å². The molecule has 0 spiro atoms. The van der Waals surface area contributed by atoms with Crippen LogP contribution in [0.1, 0.15) is 36.1 Å². The van der Waals surface area contributed by atoms with Crippen molar-refractivity contribution in [1.29, 1.82) is 0 Å². The van der Waals surface area contributed by atoms with Crippen molar-refractivity contribution >= 4 is 23.0 Å². The highest BCUT2D eigenvalue weighted by Crippen LogP contribution is 2.21. The smallest absolute Gasteiger partial charge is 0.337 e. The lowest BCUT2D eigenvalue weighted by Gasteiger charge is -2.06. The van der Waals surface area contributed by atoms with E-state index in [4.69, 9.17) is 4.42 Å². The second-order valence-corrected chi connectivity index (χ2v) is 4.15. The van der Waals surface area contributed by atoms with Crippen LogP contribution in [0.15, 0.2) is 22.6 Å². The molecule has 0 bridgehead atoms. The fraction of sp³-hybridized carbons (Fsp3) is 0.308. The molecule has 0 fully saturated rings. The minimum Gasteiger partial charge on any atom is -0.465 e. The molecule has 6 heteroatoms. The zero-order valence-electron chi connectivity index (χ0n) is 10.9. The lowest BCUT2D eigenvalue weighted by atomic mass is 10.2. The van der Waals surface area contributed by atoms with Gasteiger partial charge in [0.25, 0.3) is 0 Å². The molecule has 0 saturated carbocycles. The van der Waals surface area contributed by atoms with E-state index in [1.54, 1.807) is 25.1 Å². The first-order valence-electron chi connectivity index (χ1n) is 5.77. The fourth-order valence-electron chi connectivity index (χ4n) is 1.74. The van der Waals surface area contributed by atoms with Crippen LogP contribution in [0.2, 0.25) is 0 Å². The maximum absolute atomic E-state index is 11.4. The predicted octanol–water partition coefficient (Wildman–Crippen LogP) is 1.81. The van der Waals surface area contributed by atoms with Gasteiger partial charge in [0.1, 0.15) is 11.6 Å². The first-order valence-corrected chi connectivity index (χ1v) is 5.77. The minimum atomic E-state index is -0.435. The number of oxazole rings is 1. The Morgan fingerprint density at radius 1 is 1.42 bits per heavy atom. The van der Waals surface area contributed by atoms with Crippen molar-refractivity contribution in [1.82, 2.24) is 10.3 Å². The number of hydrogen-bond donors (Lipinski definition) is 1. The summed E-state index contributed by atoms with van der Waals surface area (Å²) in [5, 5.41) is 2.68. The van der Waals surface area contributed by atoms with E-state index in [-0.39, 0.29) is 11.9 Å². The van der Waals surface area contributed by atoms with Crippen molar-refractivity contribution in [3.05, 3.63) is 29.7 Å². The zero-order valence-corrected chi connectivity index (χ0v) is 10.9. The number of carbonyl (C=O) groups excluding carboxylic acids is 2. The first-order chi connectivity index (χ1) is 9.01. The molecule has 1 atom stereocenters. The van der Waals surface area contributed by atoms with E-state index < -0.39 is 5.97 Å². The normalized spacial score (nSPS) is 12.2. The number of rotatable bonds is 3. The Bertz CT molecular complexity index is 633. The maximum atomic E-state index is 11.4. The molecule has 6 nitrogen and oxygen atoms in total. The van der Waals surface area contributed by atoms with E-state index in [1.807, 2.05) is 0 Å². The third-order valence-electron chi connectivity index (χ3n) is 2.62. The summed E-state index contributed by atoms with van der Waals surface area (Å²) in [7, 11) is 1.32. The van der Waals surface area contributed by atoms with E-state index in [2.05, 4.69) is 15.0 Å². The molecule has 2 aromatic rings. The molecule has 19 heavy (non-hydrogen) atoms. The van der Waals surface area contributed by atoms with E-state index in [0.717, 1.165) is 0 Å². The van der Waals surface area contributed by atoms with Crippen molar-refractivity contribution in [2.75, 3.05) is 7.11 Å². The van der Waals surface area contributed by atoms with Crippen molar-refractivity contribution in [3.63, 3.8) is 0 Å². The number of nitrogens with one attached hydrogen (secondary N) is 1. The summed E-state index contributed by atoms with van der Waals surface area (Å²) < 4.78 is 10.2. The van der Waals surface area contributed by atoms with Crippen molar-refractivity contribution in [2.45, 2.75) is 19.9 Å². The molecule has 0 aliphatic carbocycles. The standard InChI is InChI=1S/C13H14N2O4/c1-7(14-8(2)16)12-15-10-5-4-9(13(17)18-3)6-11(10)19-12/h4-7H,1-3H3,(H,14,16). The molecule has 2 rings (SSSR count). The second kappa shape index (κ2) is 5.09. The van der Waals surface area contributed by atoms with Gasteiger partial charge >= 0.3 is 5.97 Å². The Labute approximate surface area is 109 Å². The summed E-state index contributed by atoms with van der Waals surface area (Å²) in [4.78, 5) is 26.6. The van der Waals surface area contributed by atoms with Gasteiger partial charge in [0.15, 0.2) is 5.58 Å². The van der Waals surface area contributed by atoms with Crippen LogP contribution in [0.5, 0.6) is 0 Å². The van der Waals surface area contributed by atoms with Gasteiger partial charge in [-0.05, 0) is 25.1 Å². The van der Waals surface area contributed by atoms with Gasteiger partial charge in [-0.2, -0.15) is 0 Å². The van der Waals surface area contributed by atoms with Gasteiger partial charge in [-0.25, -0.2) is 9.78 Å². The van der Waals surface area contributed by atoms with E-state index in [1.165, 1.54) is 14.0 Å². The number of hydrogen-bond acceptors (Lipinski definition) is 5. The number of ether oxygens (including phenoxy) is 1. The summed E-state index contributed by atoms with van der Waals surface area (Å²) in [5.74, 6) is -0.202. The summed E-state index contributed by atoms with van der Waals surface area (Å²) in [5.41, 5.74) is 1.50. The van der Waals surface area contributed by atoms with Gasteiger partial charge in [0.2, 0.25) is 11.8 Å². The Morgan fingerprint density at radius 2 is 2.16 bits per heavy atom. The molecule has 1 aromatic carbocycles. The quantitative estimate of drug-likeness (QED) is 0.853. The Morgan fingerprint density at radius 3 is 2.79 bits per heavy atom. The van der Waals surface area contributed by atoms with Gasteiger partial charge in [-0.15, -0.1) is 0 Å². The molecule has 0 aliphatic heterocycles. The number of benzene rings is 1. The Hall–Kier alpha value is -2.37. The second-order valence-electron chi connectivity index (χ2n) is 4.15. The van der Waals surface area contributed by atoms with E-state index >= 15 is 0 Å². The summed E-state index contributed by atoms with van der Waals surface area (Å²) in [6, 6.07) is 4.53. The summed E-state index contributed by atoms with van der Waals surface area (Å²) in [6.45, 7) is 3.20. The number of fused-ring (bicyclic) bond motifs is 1. The molecule has 0 saturated heterocycles. The van der Waals surface area contributed by atoms with Crippen molar-refractivity contribution < 1.29 is 18.7 Å². The van der Waals surface area contributed by atoms with Crippen LogP contribution in [-0.2, 0) is 9.53 Å². The molecule has 1 heterocycles. The van der Waals surface area contributed by atoms with E-state index in [0.29, 0.717) is 22.6 Å². The Balaban J connectivity index is 2.35. The highest BCUT2D eigenvalue weighted by atomic mass is 16.5. The summed E-state index contributed by atoms with van der Waals surface area (Å²) >= 11 is 0.